The second-order valence-electron chi connectivity index (χ2n) is 4.57. The van der Waals surface area contributed by atoms with Crippen molar-refractivity contribution in [3.8, 4) is 0 Å². The highest BCUT2D eigenvalue weighted by Gasteiger charge is 2.21. The van der Waals surface area contributed by atoms with Crippen molar-refractivity contribution in [3.05, 3.63) is 34.9 Å². The summed E-state index contributed by atoms with van der Waals surface area (Å²) < 4.78 is 5.56. The van der Waals surface area contributed by atoms with Crippen molar-refractivity contribution in [1.82, 2.24) is 0 Å². The van der Waals surface area contributed by atoms with Crippen LogP contribution >= 0.6 is 11.6 Å². The van der Waals surface area contributed by atoms with Crippen LogP contribution in [0.5, 0.6) is 0 Å². The summed E-state index contributed by atoms with van der Waals surface area (Å²) in [6.45, 7) is 1.52. The first-order valence-electron chi connectivity index (χ1n) is 5.82. The number of hydrogen-bond donors (Lipinski definition) is 1. The highest BCUT2D eigenvalue weighted by Crippen LogP contribution is 2.28. The van der Waals surface area contributed by atoms with Crippen LogP contribution in [0.2, 0.25) is 5.02 Å². The van der Waals surface area contributed by atoms with Crippen molar-refractivity contribution in [1.29, 1.82) is 0 Å². The van der Waals surface area contributed by atoms with E-state index in [1.165, 1.54) is 18.4 Å². The van der Waals surface area contributed by atoms with Crippen LogP contribution in [0.15, 0.2) is 24.3 Å². The molecule has 88 valence electrons. The Morgan fingerprint density at radius 3 is 2.94 bits per heavy atom. The van der Waals surface area contributed by atoms with E-state index >= 15 is 0 Å². The highest BCUT2D eigenvalue weighted by atomic mass is 35.5. The van der Waals surface area contributed by atoms with E-state index in [1.54, 1.807) is 0 Å². The third-order valence-corrected chi connectivity index (χ3v) is 3.00. The van der Waals surface area contributed by atoms with Gasteiger partial charge in [0.15, 0.2) is 0 Å². The fourth-order valence-electron chi connectivity index (χ4n) is 1.70. The molecule has 0 aromatic heterocycles. The standard InChI is InChI=1S/C13H18ClNO/c14-12-3-1-2-11(6-12)7-13(15)9-16-8-10-4-5-10/h1-3,6,10,13H,4-5,7-9,15H2. The fraction of sp³-hybridized carbons (Fsp3) is 0.538. The molecule has 0 aliphatic heterocycles. The molecule has 1 atom stereocenters. The van der Waals surface area contributed by atoms with Gasteiger partial charge in [-0.25, -0.2) is 0 Å². The average Bonchev–Trinajstić information content (AvgIpc) is 3.01. The lowest BCUT2D eigenvalue weighted by Crippen LogP contribution is -2.29. The van der Waals surface area contributed by atoms with E-state index in [0.717, 1.165) is 24.0 Å². The maximum atomic E-state index is 5.99. The molecule has 2 rings (SSSR count). The highest BCUT2D eigenvalue weighted by molar-refractivity contribution is 6.30. The molecule has 1 aliphatic rings. The summed E-state index contributed by atoms with van der Waals surface area (Å²) in [5.41, 5.74) is 7.17. The smallest absolute Gasteiger partial charge is 0.0620 e. The molecule has 1 saturated carbocycles. The molecule has 3 heteroatoms. The molecule has 0 heterocycles. The van der Waals surface area contributed by atoms with Gasteiger partial charge in [0.2, 0.25) is 0 Å². The maximum absolute atomic E-state index is 5.99. The molecule has 1 aliphatic carbocycles. The summed E-state index contributed by atoms with van der Waals surface area (Å²) in [4.78, 5) is 0. The zero-order chi connectivity index (χ0) is 11.4. The fourth-order valence-corrected chi connectivity index (χ4v) is 1.91. The van der Waals surface area contributed by atoms with Crippen molar-refractivity contribution in [2.75, 3.05) is 13.2 Å². The second-order valence-corrected chi connectivity index (χ2v) is 5.01. The lowest BCUT2D eigenvalue weighted by molar-refractivity contribution is 0.112. The minimum absolute atomic E-state index is 0.0669. The van der Waals surface area contributed by atoms with Gasteiger partial charge in [-0.05, 0) is 42.9 Å². The number of nitrogens with two attached hydrogens (primary N) is 1. The van der Waals surface area contributed by atoms with Crippen molar-refractivity contribution in [3.63, 3.8) is 0 Å². The molecular weight excluding hydrogens is 222 g/mol. The summed E-state index contributed by atoms with van der Waals surface area (Å²) in [5, 5.41) is 0.767. The van der Waals surface area contributed by atoms with Crippen molar-refractivity contribution in [2.45, 2.75) is 25.3 Å². The van der Waals surface area contributed by atoms with Crippen molar-refractivity contribution in [2.24, 2.45) is 11.7 Å². The van der Waals surface area contributed by atoms with Crippen molar-refractivity contribution >= 4 is 11.6 Å². The first-order chi connectivity index (χ1) is 7.74. The van der Waals surface area contributed by atoms with Gasteiger partial charge in [-0.1, -0.05) is 23.7 Å². The molecule has 0 spiro atoms. The summed E-state index contributed by atoms with van der Waals surface area (Å²) in [6, 6.07) is 7.90. The van der Waals surface area contributed by atoms with Crippen LogP contribution in [0.4, 0.5) is 0 Å². The molecule has 0 saturated heterocycles. The predicted molar refractivity (Wildman–Crippen MR) is 66.7 cm³/mol. The van der Waals surface area contributed by atoms with Gasteiger partial charge in [-0.15, -0.1) is 0 Å². The van der Waals surface area contributed by atoms with Gasteiger partial charge in [0, 0.05) is 17.7 Å². The molecule has 0 bridgehead atoms. The van der Waals surface area contributed by atoms with E-state index in [0.29, 0.717) is 6.61 Å². The summed E-state index contributed by atoms with van der Waals surface area (Å²) in [5.74, 6) is 0.804. The summed E-state index contributed by atoms with van der Waals surface area (Å²) in [7, 11) is 0. The number of halogens is 1. The molecule has 1 fully saturated rings. The molecule has 1 unspecified atom stereocenters. The maximum Gasteiger partial charge on any atom is 0.0620 e. The quantitative estimate of drug-likeness (QED) is 0.829. The van der Waals surface area contributed by atoms with Crippen LogP contribution in [-0.4, -0.2) is 19.3 Å². The van der Waals surface area contributed by atoms with Gasteiger partial charge in [-0.2, -0.15) is 0 Å². The molecule has 1 aromatic rings. The van der Waals surface area contributed by atoms with Crippen LogP contribution in [0, 0.1) is 5.92 Å². The number of benzene rings is 1. The Morgan fingerprint density at radius 2 is 2.25 bits per heavy atom. The van der Waals surface area contributed by atoms with E-state index in [9.17, 15) is 0 Å². The van der Waals surface area contributed by atoms with Crippen LogP contribution in [0.1, 0.15) is 18.4 Å². The summed E-state index contributed by atoms with van der Waals surface area (Å²) in [6.07, 6.45) is 3.47. The molecule has 2 N–H and O–H groups in total. The van der Waals surface area contributed by atoms with Gasteiger partial charge < -0.3 is 10.5 Å². The van der Waals surface area contributed by atoms with Crippen LogP contribution < -0.4 is 5.73 Å². The topological polar surface area (TPSA) is 35.2 Å². The molecule has 1 aromatic carbocycles. The number of rotatable bonds is 6. The van der Waals surface area contributed by atoms with Gasteiger partial charge in [0.1, 0.15) is 0 Å². The lowest BCUT2D eigenvalue weighted by atomic mass is 10.1. The van der Waals surface area contributed by atoms with Crippen LogP contribution in [0.25, 0.3) is 0 Å². The van der Waals surface area contributed by atoms with Crippen molar-refractivity contribution < 1.29 is 4.74 Å². The first-order valence-corrected chi connectivity index (χ1v) is 6.19. The van der Waals surface area contributed by atoms with Gasteiger partial charge in [0.05, 0.1) is 6.61 Å². The SMILES string of the molecule is NC(COCC1CC1)Cc1cccc(Cl)c1. The minimum atomic E-state index is 0.0669. The Balaban J connectivity index is 1.70. The van der Waals surface area contributed by atoms with Gasteiger partial charge in [-0.3, -0.25) is 0 Å². The van der Waals surface area contributed by atoms with Gasteiger partial charge >= 0.3 is 0 Å². The summed E-state index contributed by atoms with van der Waals surface area (Å²) >= 11 is 5.91. The number of hydrogen-bond acceptors (Lipinski definition) is 2. The van der Waals surface area contributed by atoms with E-state index in [4.69, 9.17) is 22.1 Å². The molecule has 0 amide bonds. The average molecular weight is 240 g/mol. The molecule has 16 heavy (non-hydrogen) atoms. The van der Waals surface area contributed by atoms with Gasteiger partial charge in [0.25, 0.3) is 0 Å². The van der Waals surface area contributed by atoms with E-state index in [1.807, 2.05) is 24.3 Å². The normalized spacial score (nSPS) is 17.4. The third-order valence-electron chi connectivity index (χ3n) is 2.77. The Morgan fingerprint density at radius 1 is 1.44 bits per heavy atom. The third kappa shape index (κ3) is 4.12. The largest absolute Gasteiger partial charge is 0.380 e. The second kappa shape index (κ2) is 5.67. The first kappa shape index (κ1) is 11.9. The zero-order valence-corrected chi connectivity index (χ0v) is 10.1. The Bertz CT molecular complexity index is 338. The van der Waals surface area contributed by atoms with Crippen LogP contribution in [0.3, 0.4) is 0 Å². The predicted octanol–water partition coefficient (Wildman–Crippen LogP) is 2.64. The Hall–Kier alpha value is -0.570. The van der Waals surface area contributed by atoms with E-state index in [2.05, 4.69) is 0 Å². The lowest BCUT2D eigenvalue weighted by Gasteiger charge is -2.12. The molecular formula is C13H18ClNO. The minimum Gasteiger partial charge on any atom is -0.380 e. The van der Waals surface area contributed by atoms with Crippen LogP contribution in [-0.2, 0) is 11.2 Å². The van der Waals surface area contributed by atoms with E-state index in [-0.39, 0.29) is 6.04 Å². The number of ether oxygens (including phenoxy) is 1. The zero-order valence-electron chi connectivity index (χ0n) is 9.36. The molecule has 2 nitrogen and oxygen atoms in total. The Kier molecular flexibility index (Phi) is 4.22. The molecule has 0 radical (unpaired) electrons. The van der Waals surface area contributed by atoms with E-state index < -0.39 is 0 Å². The Labute approximate surface area is 102 Å². The monoisotopic (exact) mass is 239 g/mol.